The van der Waals surface area contributed by atoms with Gasteiger partial charge >= 0.3 is 0 Å². The minimum atomic E-state index is -0.235. The lowest BCUT2D eigenvalue weighted by molar-refractivity contribution is 0.102. The first-order valence-corrected chi connectivity index (χ1v) is 9.05. The number of pyridine rings is 1. The molecule has 0 aliphatic carbocycles. The largest absolute Gasteiger partial charge is 0.497 e. The molecule has 0 saturated carbocycles. The number of hydrogen-bond acceptors (Lipinski definition) is 5. The molecule has 1 amide bonds. The van der Waals surface area contributed by atoms with Gasteiger partial charge < -0.3 is 20.1 Å². The van der Waals surface area contributed by atoms with E-state index in [1.807, 2.05) is 49.4 Å². The molecule has 0 atom stereocenters. The van der Waals surface area contributed by atoms with E-state index in [0.717, 1.165) is 11.3 Å². The smallest absolute Gasteiger partial charge is 0.257 e. The second kappa shape index (κ2) is 9.41. The molecule has 6 heteroatoms. The Morgan fingerprint density at radius 3 is 2.50 bits per heavy atom. The van der Waals surface area contributed by atoms with Crippen LogP contribution in [0.4, 0.5) is 11.5 Å². The van der Waals surface area contributed by atoms with E-state index in [9.17, 15) is 4.79 Å². The molecule has 1 aromatic heterocycles. The Morgan fingerprint density at radius 2 is 1.82 bits per heavy atom. The molecule has 0 fully saturated rings. The summed E-state index contributed by atoms with van der Waals surface area (Å²) in [6, 6.07) is 18.7. The number of para-hydroxylation sites is 2. The lowest BCUT2D eigenvalue weighted by Gasteiger charge is -2.11. The van der Waals surface area contributed by atoms with Gasteiger partial charge in [-0.3, -0.25) is 4.79 Å². The Labute approximate surface area is 164 Å². The summed E-state index contributed by atoms with van der Waals surface area (Å²) in [5.41, 5.74) is 2.22. The predicted octanol–water partition coefficient (Wildman–Crippen LogP) is 4.35. The van der Waals surface area contributed by atoms with Gasteiger partial charge in [0.2, 0.25) is 0 Å². The number of nitrogens with one attached hydrogen (secondary N) is 2. The van der Waals surface area contributed by atoms with Gasteiger partial charge in [-0.15, -0.1) is 0 Å². The third kappa shape index (κ3) is 5.01. The molecule has 0 radical (unpaired) electrons. The van der Waals surface area contributed by atoms with Crippen molar-refractivity contribution in [2.75, 3.05) is 24.4 Å². The van der Waals surface area contributed by atoms with E-state index >= 15 is 0 Å². The van der Waals surface area contributed by atoms with Crippen molar-refractivity contribution in [3.05, 3.63) is 78.0 Å². The predicted molar refractivity (Wildman–Crippen MR) is 110 cm³/mol. The van der Waals surface area contributed by atoms with E-state index in [-0.39, 0.29) is 5.91 Å². The van der Waals surface area contributed by atoms with E-state index in [4.69, 9.17) is 9.47 Å². The number of anilines is 2. The summed E-state index contributed by atoms with van der Waals surface area (Å²) in [5.74, 6) is 1.93. The normalized spacial score (nSPS) is 10.2. The first-order valence-electron chi connectivity index (χ1n) is 9.05. The SMILES string of the molecule is CCOc1ccccc1NC(=O)c1ccc(NCc2ccc(OC)cc2)nc1. The fourth-order valence-corrected chi connectivity index (χ4v) is 2.61. The Hall–Kier alpha value is -3.54. The summed E-state index contributed by atoms with van der Waals surface area (Å²) in [7, 11) is 1.64. The van der Waals surface area contributed by atoms with Crippen LogP contribution in [-0.4, -0.2) is 24.6 Å². The van der Waals surface area contributed by atoms with E-state index in [0.29, 0.717) is 36.0 Å². The van der Waals surface area contributed by atoms with Gasteiger partial charge in [0.15, 0.2) is 0 Å². The average molecular weight is 377 g/mol. The highest BCUT2D eigenvalue weighted by atomic mass is 16.5. The van der Waals surface area contributed by atoms with Crippen LogP contribution < -0.4 is 20.1 Å². The molecular formula is C22H23N3O3. The summed E-state index contributed by atoms with van der Waals surface area (Å²) in [5, 5.41) is 6.10. The first kappa shape index (κ1) is 19.2. The maximum Gasteiger partial charge on any atom is 0.257 e. The van der Waals surface area contributed by atoms with Crippen LogP contribution in [0.25, 0.3) is 0 Å². The molecule has 6 nitrogen and oxygen atoms in total. The Morgan fingerprint density at radius 1 is 1.04 bits per heavy atom. The second-order valence-electron chi connectivity index (χ2n) is 6.02. The van der Waals surface area contributed by atoms with Gasteiger partial charge in [0.25, 0.3) is 5.91 Å². The molecule has 0 bridgehead atoms. The van der Waals surface area contributed by atoms with Crippen LogP contribution in [0.5, 0.6) is 11.5 Å². The zero-order valence-electron chi connectivity index (χ0n) is 15.9. The number of ether oxygens (including phenoxy) is 2. The standard InChI is InChI=1S/C22H23N3O3/c1-3-28-20-7-5-4-6-19(20)25-22(26)17-10-13-21(24-15-17)23-14-16-8-11-18(27-2)12-9-16/h4-13,15H,3,14H2,1-2H3,(H,23,24)(H,25,26). The number of carbonyl (C=O) groups excluding carboxylic acids is 1. The fourth-order valence-electron chi connectivity index (χ4n) is 2.61. The highest BCUT2D eigenvalue weighted by molar-refractivity contribution is 6.04. The van der Waals surface area contributed by atoms with Crippen molar-refractivity contribution in [2.45, 2.75) is 13.5 Å². The number of hydrogen-bond donors (Lipinski definition) is 2. The lowest BCUT2D eigenvalue weighted by atomic mass is 10.2. The maximum atomic E-state index is 12.5. The van der Waals surface area contributed by atoms with E-state index in [1.54, 1.807) is 31.5 Å². The molecule has 0 aliphatic heterocycles. The Bertz CT molecular complexity index is 909. The molecule has 28 heavy (non-hydrogen) atoms. The van der Waals surface area contributed by atoms with Crippen LogP contribution in [-0.2, 0) is 6.54 Å². The van der Waals surface area contributed by atoms with Crippen molar-refractivity contribution in [2.24, 2.45) is 0 Å². The first-order chi connectivity index (χ1) is 13.7. The highest BCUT2D eigenvalue weighted by Gasteiger charge is 2.10. The molecule has 3 aromatic rings. The van der Waals surface area contributed by atoms with Crippen LogP contribution in [0.15, 0.2) is 66.9 Å². The third-order valence-corrected chi connectivity index (χ3v) is 4.09. The molecule has 0 saturated heterocycles. The van der Waals surface area contributed by atoms with Crippen LogP contribution in [0.2, 0.25) is 0 Å². The van der Waals surface area contributed by atoms with Crippen LogP contribution in [0.1, 0.15) is 22.8 Å². The summed E-state index contributed by atoms with van der Waals surface area (Å²) in [6.07, 6.45) is 1.55. The quantitative estimate of drug-likeness (QED) is 0.610. The molecule has 144 valence electrons. The maximum absolute atomic E-state index is 12.5. The van der Waals surface area contributed by atoms with Gasteiger partial charge in [0, 0.05) is 12.7 Å². The van der Waals surface area contributed by atoms with E-state index in [2.05, 4.69) is 15.6 Å². The van der Waals surface area contributed by atoms with Gasteiger partial charge in [0.1, 0.15) is 17.3 Å². The number of nitrogens with zero attached hydrogens (tertiary/aromatic N) is 1. The number of aromatic nitrogens is 1. The van der Waals surface area contributed by atoms with Crippen molar-refractivity contribution >= 4 is 17.4 Å². The van der Waals surface area contributed by atoms with Gasteiger partial charge in [-0.2, -0.15) is 0 Å². The molecule has 0 unspecified atom stereocenters. The van der Waals surface area contributed by atoms with Crippen molar-refractivity contribution in [1.29, 1.82) is 0 Å². The zero-order chi connectivity index (χ0) is 19.8. The van der Waals surface area contributed by atoms with E-state index < -0.39 is 0 Å². The monoisotopic (exact) mass is 377 g/mol. The Balaban J connectivity index is 1.59. The van der Waals surface area contributed by atoms with Crippen LogP contribution in [0.3, 0.4) is 0 Å². The average Bonchev–Trinajstić information content (AvgIpc) is 2.74. The van der Waals surface area contributed by atoms with Gasteiger partial charge in [-0.05, 0) is 48.9 Å². The lowest BCUT2D eigenvalue weighted by Crippen LogP contribution is -2.13. The van der Waals surface area contributed by atoms with Crippen LogP contribution >= 0.6 is 0 Å². The third-order valence-electron chi connectivity index (χ3n) is 4.09. The highest BCUT2D eigenvalue weighted by Crippen LogP contribution is 2.24. The minimum Gasteiger partial charge on any atom is -0.497 e. The molecule has 2 aromatic carbocycles. The number of methoxy groups -OCH3 is 1. The second-order valence-corrected chi connectivity index (χ2v) is 6.02. The topological polar surface area (TPSA) is 72.5 Å². The fraction of sp³-hybridized carbons (Fsp3) is 0.182. The molecule has 2 N–H and O–H groups in total. The number of carbonyl (C=O) groups is 1. The molecule has 0 spiro atoms. The van der Waals surface area contributed by atoms with Crippen molar-refractivity contribution in [1.82, 2.24) is 4.98 Å². The Kier molecular flexibility index (Phi) is 6.46. The summed E-state index contributed by atoms with van der Waals surface area (Å²) in [4.78, 5) is 16.8. The van der Waals surface area contributed by atoms with E-state index in [1.165, 1.54) is 0 Å². The number of amides is 1. The summed E-state index contributed by atoms with van der Waals surface area (Å²) >= 11 is 0. The zero-order valence-corrected chi connectivity index (χ0v) is 15.9. The van der Waals surface area contributed by atoms with Gasteiger partial charge in [-0.25, -0.2) is 4.98 Å². The molecular weight excluding hydrogens is 354 g/mol. The minimum absolute atomic E-state index is 0.235. The van der Waals surface area contributed by atoms with Gasteiger partial charge in [0.05, 0.1) is 25.0 Å². The van der Waals surface area contributed by atoms with Crippen molar-refractivity contribution in [3.8, 4) is 11.5 Å². The number of rotatable bonds is 8. The molecule has 0 aliphatic rings. The summed E-state index contributed by atoms with van der Waals surface area (Å²) in [6.45, 7) is 3.06. The number of benzene rings is 2. The molecule has 1 heterocycles. The van der Waals surface area contributed by atoms with Crippen molar-refractivity contribution in [3.63, 3.8) is 0 Å². The summed E-state index contributed by atoms with van der Waals surface area (Å²) < 4.78 is 10.7. The molecule has 3 rings (SSSR count). The van der Waals surface area contributed by atoms with Crippen molar-refractivity contribution < 1.29 is 14.3 Å². The van der Waals surface area contributed by atoms with Crippen LogP contribution in [0, 0.1) is 0 Å². The van der Waals surface area contributed by atoms with Gasteiger partial charge in [-0.1, -0.05) is 24.3 Å².